The van der Waals surface area contributed by atoms with Gasteiger partial charge in [0.1, 0.15) is 0 Å². The van der Waals surface area contributed by atoms with E-state index in [4.69, 9.17) is 0 Å². The highest BCUT2D eigenvalue weighted by molar-refractivity contribution is 5.79. The Balaban J connectivity index is 1.50. The van der Waals surface area contributed by atoms with Crippen molar-refractivity contribution in [3.63, 3.8) is 0 Å². The predicted octanol–water partition coefficient (Wildman–Crippen LogP) is 5.78. The van der Waals surface area contributed by atoms with E-state index >= 15 is 0 Å². The number of likely N-dealkylation sites (N-methyl/N-ethyl adjacent to an activating group) is 1. The minimum absolute atomic E-state index is 0.173. The van der Waals surface area contributed by atoms with Crippen LogP contribution in [0.25, 0.3) is 0 Å². The van der Waals surface area contributed by atoms with Crippen LogP contribution in [0.15, 0.2) is 48.7 Å². The van der Waals surface area contributed by atoms with Crippen molar-refractivity contribution < 1.29 is 4.79 Å². The van der Waals surface area contributed by atoms with Crippen molar-refractivity contribution in [2.24, 2.45) is 5.41 Å². The molecule has 2 aromatic rings. The largest absolute Gasteiger partial charge is 0.336 e. The predicted molar refractivity (Wildman–Crippen MR) is 135 cm³/mol. The van der Waals surface area contributed by atoms with E-state index in [-0.39, 0.29) is 17.4 Å². The summed E-state index contributed by atoms with van der Waals surface area (Å²) in [6.45, 7) is 13.4. The number of fused-ring (bicyclic) bond motifs is 2. The molecule has 0 N–H and O–H groups in total. The number of likely N-dealkylation sites (tertiary alicyclic amines) is 1. The smallest absolute Gasteiger partial charge is 0.229 e. The summed E-state index contributed by atoms with van der Waals surface area (Å²) in [5, 5.41) is 0. The maximum Gasteiger partial charge on any atom is 0.229 e. The lowest BCUT2D eigenvalue weighted by atomic mass is 9.63. The minimum atomic E-state index is 0.173. The lowest BCUT2D eigenvalue weighted by Crippen LogP contribution is -2.47. The fourth-order valence-electron chi connectivity index (χ4n) is 5.84. The molecule has 1 atom stereocenters. The Morgan fingerprint density at radius 3 is 2.48 bits per heavy atom. The third-order valence-corrected chi connectivity index (χ3v) is 7.87. The summed E-state index contributed by atoms with van der Waals surface area (Å²) in [7, 11) is 0. The van der Waals surface area contributed by atoms with Crippen molar-refractivity contribution in [2.75, 3.05) is 26.2 Å². The summed E-state index contributed by atoms with van der Waals surface area (Å²) in [5.41, 5.74) is 4.40. The first kappa shape index (κ1) is 23.9. The van der Waals surface area contributed by atoms with E-state index < -0.39 is 0 Å². The maximum absolute atomic E-state index is 13.3. The summed E-state index contributed by atoms with van der Waals surface area (Å²) in [4.78, 5) is 22.4. The second kappa shape index (κ2) is 9.97. The van der Waals surface area contributed by atoms with Crippen LogP contribution in [0.3, 0.4) is 0 Å². The van der Waals surface area contributed by atoms with E-state index in [1.54, 1.807) is 6.20 Å². The van der Waals surface area contributed by atoms with Crippen molar-refractivity contribution in [3.8, 4) is 0 Å². The van der Waals surface area contributed by atoms with E-state index in [0.717, 1.165) is 18.7 Å². The Bertz CT molecular complexity index is 925. The van der Waals surface area contributed by atoms with Gasteiger partial charge in [-0.25, -0.2) is 0 Å². The van der Waals surface area contributed by atoms with Gasteiger partial charge in [-0.15, -0.1) is 0 Å². The van der Waals surface area contributed by atoms with Crippen LogP contribution in [-0.2, 0) is 16.6 Å². The molecule has 2 heterocycles. The lowest BCUT2D eigenvalue weighted by Gasteiger charge is -2.49. The minimum Gasteiger partial charge on any atom is -0.336 e. The molecule has 1 fully saturated rings. The Morgan fingerprint density at radius 2 is 1.82 bits per heavy atom. The quantitative estimate of drug-likeness (QED) is 0.563. The summed E-state index contributed by atoms with van der Waals surface area (Å²) < 4.78 is 0. The monoisotopic (exact) mass is 447 g/mol. The van der Waals surface area contributed by atoms with Gasteiger partial charge in [0.15, 0.2) is 0 Å². The van der Waals surface area contributed by atoms with Crippen LogP contribution in [0.5, 0.6) is 0 Å². The molecule has 1 aliphatic carbocycles. The molecule has 33 heavy (non-hydrogen) atoms. The van der Waals surface area contributed by atoms with Crippen LogP contribution in [0.2, 0.25) is 0 Å². The first-order valence-electron chi connectivity index (χ1n) is 12.8. The van der Waals surface area contributed by atoms with Gasteiger partial charge in [-0.3, -0.25) is 9.78 Å². The van der Waals surface area contributed by atoms with Crippen molar-refractivity contribution in [1.82, 2.24) is 14.8 Å². The Hall–Kier alpha value is -2.20. The van der Waals surface area contributed by atoms with Gasteiger partial charge in [-0.1, -0.05) is 51.1 Å². The molecule has 4 rings (SSSR count). The van der Waals surface area contributed by atoms with Crippen LogP contribution in [0.4, 0.5) is 0 Å². The van der Waals surface area contributed by atoms with Gasteiger partial charge in [0.25, 0.3) is 0 Å². The fourth-order valence-corrected chi connectivity index (χ4v) is 5.84. The van der Waals surface area contributed by atoms with E-state index in [0.29, 0.717) is 11.8 Å². The molecule has 0 unspecified atom stereocenters. The number of rotatable bonds is 6. The summed E-state index contributed by atoms with van der Waals surface area (Å²) >= 11 is 0. The van der Waals surface area contributed by atoms with Gasteiger partial charge in [-0.05, 0) is 92.8 Å². The molecule has 1 aromatic heterocycles. The van der Waals surface area contributed by atoms with Crippen LogP contribution in [-0.4, -0.2) is 46.9 Å². The maximum atomic E-state index is 13.3. The first-order valence-corrected chi connectivity index (χ1v) is 12.8. The molecule has 1 spiro atoms. The molecule has 1 aliphatic heterocycles. The zero-order valence-electron chi connectivity index (χ0n) is 21.0. The SMILES string of the molecule is CCN(C(=O)Cc1ccccn1)[C@H]1CCC2(CCN(CCC(C)(C)C)CC2)c2ccccc21. The second-order valence-electron chi connectivity index (χ2n) is 11.3. The van der Waals surface area contributed by atoms with Crippen LogP contribution >= 0.6 is 0 Å². The number of carbonyl (C=O) groups is 1. The van der Waals surface area contributed by atoms with Gasteiger partial charge in [0, 0.05) is 18.4 Å². The number of amides is 1. The average molecular weight is 448 g/mol. The van der Waals surface area contributed by atoms with Crippen molar-refractivity contribution in [3.05, 3.63) is 65.5 Å². The first-order chi connectivity index (χ1) is 15.8. The van der Waals surface area contributed by atoms with E-state index in [2.05, 4.69) is 66.7 Å². The summed E-state index contributed by atoms with van der Waals surface area (Å²) in [6, 6.07) is 15.0. The molecule has 178 valence electrons. The number of benzene rings is 1. The highest BCUT2D eigenvalue weighted by Gasteiger charge is 2.43. The van der Waals surface area contributed by atoms with E-state index in [9.17, 15) is 4.79 Å². The normalized spacial score (nSPS) is 20.4. The Labute approximate surface area is 200 Å². The van der Waals surface area contributed by atoms with Crippen LogP contribution in [0.1, 0.15) is 82.7 Å². The zero-order chi connectivity index (χ0) is 23.5. The molecular formula is C29H41N3O. The number of pyridine rings is 1. The van der Waals surface area contributed by atoms with Crippen molar-refractivity contribution in [1.29, 1.82) is 0 Å². The molecule has 0 bridgehead atoms. The zero-order valence-corrected chi connectivity index (χ0v) is 21.0. The van der Waals surface area contributed by atoms with Crippen molar-refractivity contribution >= 4 is 5.91 Å². The van der Waals surface area contributed by atoms with Gasteiger partial charge in [0.05, 0.1) is 12.5 Å². The number of aromatic nitrogens is 1. The third-order valence-electron chi connectivity index (χ3n) is 7.87. The van der Waals surface area contributed by atoms with Crippen molar-refractivity contribution in [2.45, 2.75) is 77.7 Å². The second-order valence-corrected chi connectivity index (χ2v) is 11.3. The number of hydrogen-bond acceptors (Lipinski definition) is 3. The standard InChI is InChI=1S/C29H41N3O/c1-5-32(27(33)22-23-10-8-9-18-30-23)26-13-14-29(25-12-7-6-11-24(25)26)16-20-31(21-17-29)19-15-28(2,3)4/h6-12,18,26H,5,13-17,19-22H2,1-4H3/t26-/m0/s1. The molecule has 1 amide bonds. The number of hydrogen-bond donors (Lipinski definition) is 0. The molecule has 1 saturated heterocycles. The van der Waals surface area contributed by atoms with Gasteiger partial charge < -0.3 is 9.80 Å². The Kier molecular flexibility index (Phi) is 7.23. The topological polar surface area (TPSA) is 36.4 Å². The number of piperidine rings is 1. The fraction of sp³-hybridized carbons (Fsp3) is 0.586. The van der Waals surface area contributed by atoms with Crippen LogP contribution in [0, 0.1) is 5.41 Å². The highest BCUT2D eigenvalue weighted by atomic mass is 16.2. The lowest BCUT2D eigenvalue weighted by molar-refractivity contribution is -0.133. The average Bonchev–Trinajstić information content (AvgIpc) is 2.81. The Morgan fingerprint density at radius 1 is 1.09 bits per heavy atom. The highest BCUT2D eigenvalue weighted by Crippen LogP contribution is 2.49. The molecule has 0 radical (unpaired) electrons. The molecular weight excluding hydrogens is 406 g/mol. The summed E-state index contributed by atoms with van der Waals surface area (Å²) in [6.07, 6.45) is 8.09. The van der Waals surface area contributed by atoms with Gasteiger partial charge >= 0.3 is 0 Å². The van der Waals surface area contributed by atoms with Crippen LogP contribution < -0.4 is 0 Å². The molecule has 4 heteroatoms. The van der Waals surface area contributed by atoms with E-state index in [1.807, 2.05) is 18.2 Å². The number of carbonyl (C=O) groups excluding carboxylic acids is 1. The third kappa shape index (κ3) is 5.48. The van der Waals surface area contributed by atoms with Gasteiger partial charge in [-0.2, -0.15) is 0 Å². The molecule has 0 saturated carbocycles. The molecule has 4 nitrogen and oxygen atoms in total. The number of nitrogens with zero attached hydrogens (tertiary/aromatic N) is 3. The van der Waals surface area contributed by atoms with Gasteiger partial charge in [0.2, 0.25) is 5.91 Å². The molecule has 2 aliphatic rings. The molecule has 1 aromatic carbocycles. The summed E-state index contributed by atoms with van der Waals surface area (Å²) in [5.74, 6) is 0.184. The van der Waals surface area contributed by atoms with E-state index in [1.165, 1.54) is 56.4 Å².